The number of allylic oxidation sites excluding steroid dienone is 2. The van der Waals surface area contributed by atoms with Crippen molar-refractivity contribution in [2.24, 2.45) is 34.6 Å². The van der Waals surface area contributed by atoms with Crippen molar-refractivity contribution in [1.29, 1.82) is 5.26 Å². The van der Waals surface area contributed by atoms with E-state index in [2.05, 4.69) is 42.4 Å². The minimum absolute atomic E-state index is 0.0677. The third kappa shape index (κ3) is 5.50. The van der Waals surface area contributed by atoms with Crippen molar-refractivity contribution in [3.05, 3.63) is 41.9 Å². The Balaban J connectivity index is 1.45. The molecule has 2 aliphatic heterocycles. The highest BCUT2D eigenvalue weighted by molar-refractivity contribution is 5.93. The summed E-state index contributed by atoms with van der Waals surface area (Å²) in [5.41, 5.74) is 3.69. The molecule has 0 N–H and O–H groups in total. The lowest BCUT2D eigenvalue weighted by Crippen LogP contribution is -2.59. The molecule has 0 aromatic carbocycles. The number of carbonyl (C=O) groups is 1. The topological polar surface area (TPSA) is 81.8 Å². The number of hydrogen-bond acceptors (Lipinski definition) is 6. The first-order chi connectivity index (χ1) is 18.1. The van der Waals surface area contributed by atoms with E-state index in [-0.39, 0.29) is 18.1 Å². The summed E-state index contributed by atoms with van der Waals surface area (Å²) in [7, 11) is 0. The van der Waals surface area contributed by atoms with E-state index in [1.54, 1.807) is 6.08 Å². The molecule has 2 aliphatic carbocycles. The van der Waals surface area contributed by atoms with Crippen LogP contribution in [-0.2, 0) is 4.74 Å². The van der Waals surface area contributed by atoms with Crippen LogP contribution in [0.15, 0.2) is 35.6 Å². The maximum Gasteiger partial charge on any atom is 0.410 e. The van der Waals surface area contributed by atoms with Gasteiger partial charge in [0.2, 0.25) is 0 Å². The number of nitriles is 1. The van der Waals surface area contributed by atoms with Gasteiger partial charge in [0.1, 0.15) is 17.4 Å². The Bertz CT molecular complexity index is 1200. The Labute approximate surface area is 227 Å². The van der Waals surface area contributed by atoms with E-state index in [1.165, 1.54) is 5.57 Å². The van der Waals surface area contributed by atoms with Crippen LogP contribution in [0, 0.1) is 40.9 Å². The molecule has 0 spiro atoms. The second-order valence-electron chi connectivity index (χ2n) is 12.7. The molecule has 3 heterocycles. The standard InChI is InChI=1S/C31H41N5O2/c1-7-23-14-21(10-11-33-23)25-15-22(17-32)29(34-28(25)20-8-9-20)35-12-13-36(30(37)38-31(4,5)6)27(18-35)26-16-24(26)19(2)3/h7,10-11,14,19-20,22,24,26-27H,1,8-9,12-13,15-16,18H2,2-6H3/t22?,24?,26?,27-/m0/s1. The number of aromatic nitrogens is 1. The van der Waals surface area contributed by atoms with Crippen LogP contribution < -0.4 is 0 Å². The predicted molar refractivity (Wildman–Crippen MR) is 150 cm³/mol. The lowest BCUT2D eigenvalue weighted by atomic mass is 9.88. The highest BCUT2D eigenvalue weighted by Crippen LogP contribution is 2.49. The molecule has 0 radical (unpaired) electrons. The van der Waals surface area contributed by atoms with Gasteiger partial charge in [-0.2, -0.15) is 5.26 Å². The smallest absolute Gasteiger partial charge is 0.410 e. The normalized spacial score (nSPS) is 27.7. The highest BCUT2D eigenvalue weighted by Gasteiger charge is 2.51. The number of aliphatic imine (C=N–C) groups is 1. The van der Waals surface area contributed by atoms with Crippen LogP contribution in [0.1, 0.15) is 71.6 Å². The number of pyridine rings is 1. The molecule has 1 aromatic heterocycles. The van der Waals surface area contributed by atoms with E-state index in [4.69, 9.17) is 9.73 Å². The van der Waals surface area contributed by atoms with Gasteiger partial charge in [0, 0.05) is 37.4 Å². The maximum atomic E-state index is 13.2. The zero-order chi connectivity index (χ0) is 27.2. The molecule has 7 heteroatoms. The van der Waals surface area contributed by atoms with Crippen LogP contribution in [0.5, 0.6) is 0 Å². The quantitative estimate of drug-likeness (QED) is 0.480. The van der Waals surface area contributed by atoms with E-state index < -0.39 is 5.60 Å². The van der Waals surface area contributed by atoms with Crippen LogP contribution in [0.3, 0.4) is 0 Å². The number of amides is 1. The van der Waals surface area contributed by atoms with Crippen LogP contribution >= 0.6 is 0 Å². The molecule has 38 heavy (non-hydrogen) atoms. The molecular weight excluding hydrogens is 474 g/mol. The van der Waals surface area contributed by atoms with Gasteiger partial charge in [-0.3, -0.25) is 4.98 Å². The molecule has 0 bridgehead atoms. The van der Waals surface area contributed by atoms with Crippen molar-refractivity contribution in [3.63, 3.8) is 0 Å². The van der Waals surface area contributed by atoms with E-state index in [0.29, 0.717) is 49.7 Å². The fraction of sp³-hybridized carbons (Fsp3) is 0.613. The van der Waals surface area contributed by atoms with Crippen LogP contribution in [0.25, 0.3) is 11.6 Å². The summed E-state index contributed by atoms with van der Waals surface area (Å²) in [5.74, 6) is 2.67. The van der Waals surface area contributed by atoms with E-state index in [0.717, 1.165) is 42.1 Å². The Hall–Kier alpha value is -3.14. The zero-order valence-electron chi connectivity index (χ0n) is 23.5. The van der Waals surface area contributed by atoms with Crippen molar-refractivity contribution in [2.45, 2.75) is 71.9 Å². The van der Waals surface area contributed by atoms with Crippen molar-refractivity contribution in [1.82, 2.24) is 14.8 Å². The molecule has 4 atom stereocenters. The number of amidine groups is 1. The van der Waals surface area contributed by atoms with Gasteiger partial charge in [0.05, 0.1) is 17.8 Å². The zero-order valence-corrected chi connectivity index (χ0v) is 23.5. The minimum Gasteiger partial charge on any atom is -0.444 e. The summed E-state index contributed by atoms with van der Waals surface area (Å²) >= 11 is 0. The molecule has 4 aliphatic rings. The molecule has 1 amide bonds. The molecule has 5 rings (SSSR count). The lowest BCUT2D eigenvalue weighted by molar-refractivity contribution is 0.000541. The Morgan fingerprint density at radius 3 is 2.66 bits per heavy atom. The third-order valence-electron chi connectivity index (χ3n) is 8.33. The molecule has 2 saturated carbocycles. The van der Waals surface area contributed by atoms with Gasteiger partial charge in [-0.25, -0.2) is 9.79 Å². The van der Waals surface area contributed by atoms with Crippen molar-refractivity contribution < 1.29 is 9.53 Å². The average molecular weight is 516 g/mol. The molecule has 7 nitrogen and oxygen atoms in total. The molecule has 3 fully saturated rings. The molecular formula is C31H41N5O2. The van der Waals surface area contributed by atoms with Crippen molar-refractivity contribution in [2.75, 3.05) is 19.6 Å². The van der Waals surface area contributed by atoms with Gasteiger partial charge in [-0.05, 0) is 93.6 Å². The number of rotatable bonds is 5. The minimum atomic E-state index is -0.530. The predicted octanol–water partition coefficient (Wildman–Crippen LogP) is 6.00. The van der Waals surface area contributed by atoms with Gasteiger partial charge in [-0.15, -0.1) is 0 Å². The number of ether oxygens (including phenoxy) is 1. The fourth-order valence-electron chi connectivity index (χ4n) is 6.15. The highest BCUT2D eigenvalue weighted by atomic mass is 16.6. The molecule has 3 unspecified atom stereocenters. The van der Waals surface area contributed by atoms with Crippen molar-refractivity contribution in [3.8, 4) is 6.07 Å². The summed E-state index contributed by atoms with van der Waals surface area (Å²) < 4.78 is 5.81. The summed E-state index contributed by atoms with van der Waals surface area (Å²) in [5, 5.41) is 10.3. The van der Waals surface area contributed by atoms with Crippen LogP contribution in [-0.4, -0.2) is 58.0 Å². The largest absolute Gasteiger partial charge is 0.444 e. The lowest BCUT2D eigenvalue weighted by Gasteiger charge is -2.44. The Morgan fingerprint density at radius 1 is 1.29 bits per heavy atom. The molecule has 1 saturated heterocycles. The Kier molecular flexibility index (Phi) is 7.11. The van der Waals surface area contributed by atoms with Crippen LogP contribution in [0.2, 0.25) is 0 Å². The van der Waals surface area contributed by atoms with E-state index >= 15 is 0 Å². The first-order valence-electron chi connectivity index (χ1n) is 14.1. The summed E-state index contributed by atoms with van der Waals surface area (Å²) in [6.07, 6.45) is 7.40. The second-order valence-corrected chi connectivity index (χ2v) is 12.7. The Morgan fingerprint density at radius 2 is 2.05 bits per heavy atom. The monoisotopic (exact) mass is 515 g/mol. The fourth-order valence-corrected chi connectivity index (χ4v) is 6.15. The first-order valence-corrected chi connectivity index (χ1v) is 14.1. The van der Waals surface area contributed by atoms with E-state index in [1.807, 2.05) is 37.9 Å². The summed E-state index contributed by atoms with van der Waals surface area (Å²) in [6, 6.07) is 6.70. The van der Waals surface area contributed by atoms with E-state index in [9.17, 15) is 10.1 Å². The average Bonchev–Trinajstić information content (AvgIpc) is 3.80. The second kappa shape index (κ2) is 10.2. The SMILES string of the molecule is C=Cc1cc(C2=C(C3CC3)N=C(N3CCN(C(=O)OC(C)(C)C)[C@H](C4CC4C(C)C)C3)C(C#N)C2)ccn1. The van der Waals surface area contributed by atoms with Crippen molar-refractivity contribution >= 4 is 23.6 Å². The van der Waals surface area contributed by atoms with Gasteiger partial charge in [0.15, 0.2) is 0 Å². The maximum absolute atomic E-state index is 13.2. The number of nitrogens with zero attached hydrogens (tertiary/aromatic N) is 5. The number of carbonyl (C=O) groups excluding carboxylic acids is 1. The summed E-state index contributed by atoms with van der Waals surface area (Å²) in [6.45, 7) is 16.1. The van der Waals surface area contributed by atoms with Gasteiger partial charge >= 0.3 is 6.09 Å². The first kappa shape index (κ1) is 26.5. The summed E-state index contributed by atoms with van der Waals surface area (Å²) in [4.78, 5) is 27.1. The van der Waals surface area contributed by atoms with Gasteiger partial charge in [0.25, 0.3) is 0 Å². The number of hydrogen-bond donors (Lipinski definition) is 0. The third-order valence-corrected chi connectivity index (χ3v) is 8.33. The molecule has 202 valence electrons. The van der Waals surface area contributed by atoms with Crippen LogP contribution in [0.4, 0.5) is 4.79 Å². The number of piperazine rings is 1. The van der Waals surface area contributed by atoms with Gasteiger partial charge < -0.3 is 14.5 Å². The molecule has 1 aromatic rings. The van der Waals surface area contributed by atoms with Gasteiger partial charge in [-0.1, -0.05) is 20.4 Å².